The summed E-state index contributed by atoms with van der Waals surface area (Å²) >= 11 is 0. The first-order chi connectivity index (χ1) is 14.5. The van der Waals surface area contributed by atoms with Gasteiger partial charge in [0.25, 0.3) is 5.91 Å². The Morgan fingerprint density at radius 3 is 2.43 bits per heavy atom. The molecule has 0 spiro atoms. The van der Waals surface area contributed by atoms with E-state index in [1.54, 1.807) is 36.4 Å². The SMILES string of the molecule is CCCCOC(=O)c1cccc(N2C(=O)C(O)=C(c3ccc(OCC)cc3)C2=O)c1. The van der Waals surface area contributed by atoms with Gasteiger partial charge in [-0.15, -0.1) is 0 Å². The molecule has 156 valence electrons. The number of carbonyl (C=O) groups is 3. The quantitative estimate of drug-likeness (QED) is 0.404. The summed E-state index contributed by atoms with van der Waals surface area (Å²) in [5.41, 5.74) is 0.701. The Bertz CT molecular complexity index is 993. The Kier molecular flexibility index (Phi) is 6.51. The molecule has 1 aliphatic heterocycles. The summed E-state index contributed by atoms with van der Waals surface area (Å²) in [4.78, 5) is 38.6. The zero-order chi connectivity index (χ0) is 21.7. The largest absolute Gasteiger partial charge is 0.502 e. The van der Waals surface area contributed by atoms with Crippen molar-refractivity contribution in [1.29, 1.82) is 0 Å². The van der Waals surface area contributed by atoms with Crippen molar-refractivity contribution in [3.8, 4) is 5.75 Å². The van der Waals surface area contributed by atoms with Crippen LogP contribution < -0.4 is 9.64 Å². The van der Waals surface area contributed by atoms with Crippen LogP contribution in [-0.2, 0) is 14.3 Å². The average Bonchev–Trinajstić information content (AvgIpc) is 2.97. The van der Waals surface area contributed by atoms with Crippen LogP contribution in [0, 0.1) is 0 Å². The van der Waals surface area contributed by atoms with Gasteiger partial charge in [0.2, 0.25) is 0 Å². The molecule has 2 amide bonds. The lowest BCUT2D eigenvalue weighted by atomic mass is 10.1. The molecule has 0 aliphatic carbocycles. The lowest BCUT2D eigenvalue weighted by Gasteiger charge is -2.15. The van der Waals surface area contributed by atoms with Crippen molar-refractivity contribution < 1.29 is 29.0 Å². The van der Waals surface area contributed by atoms with Gasteiger partial charge in [-0.05, 0) is 49.2 Å². The molecule has 0 fully saturated rings. The monoisotopic (exact) mass is 409 g/mol. The Morgan fingerprint density at radius 2 is 1.77 bits per heavy atom. The number of nitrogens with zero attached hydrogens (tertiary/aromatic N) is 1. The van der Waals surface area contributed by atoms with Crippen molar-refractivity contribution in [2.24, 2.45) is 0 Å². The fourth-order valence-corrected chi connectivity index (χ4v) is 3.06. The fourth-order valence-electron chi connectivity index (χ4n) is 3.06. The Balaban J connectivity index is 1.85. The molecule has 0 aromatic heterocycles. The van der Waals surface area contributed by atoms with Gasteiger partial charge in [-0.2, -0.15) is 0 Å². The predicted octanol–water partition coefficient (Wildman–Crippen LogP) is 3.88. The van der Waals surface area contributed by atoms with Crippen LogP contribution in [0.3, 0.4) is 0 Å². The summed E-state index contributed by atoms with van der Waals surface area (Å²) in [7, 11) is 0. The molecule has 7 nitrogen and oxygen atoms in total. The second-order valence-electron chi connectivity index (χ2n) is 6.67. The zero-order valence-corrected chi connectivity index (χ0v) is 16.9. The highest BCUT2D eigenvalue weighted by Crippen LogP contribution is 2.33. The summed E-state index contributed by atoms with van der Waals surface area (Å²) in [5, 5.41) is 10.4. The van der Waals surface area contributed by atoms with Crippen LogP contribution >= 0.6 is 0 Å². The molecule has 0 saturated carbocycles. The van der Waals surface area contributed by atoms with Crippen LogP contribution in [0.5, 0.6) is 5.75 Å². The molecular weight excluding hydrogens is 386 g/mol. The fraction of sp³-hybridized carbons (Fsp3) is 0.261. The first-order valence-corrected chi connectivity index (χ1v) is 9.80. The van der Waals surface area contributed by atoms with Gasteiger partial charge in [-0.1, -0.05) is 31.5 Å². The van der Waals surface area contributed by atoms with Crippen molar-refractivity contribution in [2.45, 2.75) is 26.7 Å². The van der Waals surface area contributed by atoms with E-state index in [2.05, 4.69) is 0 Å². The number of ether oxygens (including phenoxy) is 2. The summed E-state index contributed by atoms with van der Waals surface area (Å²) in [5.74, 6) is -2.07. The van der Waals surface area contributed by atoms with Crippen LogP contribution in [0.15, 0.2) is 54.3 Å². The van der Waals surface area contributed by atoms with Gasteiger partial charge < -0.3 is 14.6 Å². The molecule has 3 rings (SSSR count). The van der Waals surface area contributed by atoms with E-state index in [0.29, 0.717) is 24.5 Å². The number of aliphatic hydroxyl groups excluding tert-OH is 1. The first-order valence-electron chi connectivity index (χ1n) is 9.80. The van der Waals surface area contributed by atoms with Crippen LogP contribution in [0.4, 0.5) is 5.69 Å². The third-order valence-corrected chi connectivity index (χ3v) is 4.58. The number of hydrogen-bond donors (Lipinski definition) is 1. The zero-order valence-electron chi connectivity index (χ0n) is 16.9. The number of hydrogen-bond acceptors (Lipinski definition) is 6. The first kappa shape index (κ1) is 21.1. The predicted molar refractivity (Wildman–Crippen MR) is 111 cm³/mol. The maximum atomic E-state index is 13.0. The molecule has 0 bridgehead atoms. The number of amides is 2. The standard InChI is InChI=1S/C23H23NO6/c1-3-5-13-30-23(28)16-7-6-8-17(14-16)24-21(26)19(20(25)22(24)27)15-9-11-18(12-10-15)29-4-2/h6-12,14,25H,3-5,13H2,1-2H3. The molecular formula is C23H23NO6. The number of carbonyl (C=O) groups excluding carboxylic acids is 3. The summed E-state index contributed by atoms with van der Waals surface area (Å²) < 4.78 is 10.6. The van der Waals surface area contributed by atoms with E-state index in [4.69, 9.17) is 9.47 Å². The third-order valence-electron chi connectivity index (χ3n) is 4.58. The molecule has 0 radical (unpaired) electrons. The highest BCUT2D eigenvalue weighted by Gasteiger charge is 2.40. The number of rotatable bonds is 8. The minimum absolute atomic E-state index is 0.0982. The van der Waals surface area contributed by atoms with Crippen LogP contribution in [-0.4, -0.2) is 36.1 Å². The van der Waals surface area contributed by atoms with Gasteiger partial charge in [0.15, 0.2) is 5.76 Å². The molecule has 0 saturated heterocycles. The molecule has 0 atom stereocenters. The third kappa shape index (κ3) is 4.20. The highest BCUT2D eigenvalue weighted by atomic mass is 16.5. The van der Waals surface area contributed by atoms with Crippen LogP contribution in [0.2, 0.25) is 0 Å². The minimum atomic E-state index is -0.847. The molecule has 1 aliphatic rings. The van der Waals surface area contributed by atoms with Gasteiger partial charge >= 0.3 is 11.9 Å². The van der Waals surface area contributed by atoms with E-state index in [0.717, 1.165) is 17.7 Å². The number of esters is 1. The second kappa shape index (κ2) is 9.26. The van der Waals surface area contributed by atoms with Gasteiger partial charge in [-0.3, -0.25) is 9.59 Å². The number of unbranched alkanes of at least 4 members (excludes halogenated alkanes) is 1. The minimum Gasteiger partial charge on any atom is -0.502 e. The van der Waals surface area contributed by atoms with Gasteiger partial charge in [0.1, 0.15) is 5.75 Å². The van der Waals surface area contributed by atoms with Gasteiger partial charge in [0.05, 0.1) is 30.0 Å². The average molecular weight is 409 g/mol. The maximum Gasteiger partial charge on any atom is 0.338 e. The number of benzene rings is 2. The highest BCUT2D eigenvalue weighted by molar-refractivity contribution is 6.44. The summed E-state index contributed by atoms with van der Waals surface area (Å²) in [6, 6.07) is 12.5. The number of imide groups is 1. The topological polar surface area (TPSA) is 93.1 Å². The lowest BCUT2D eigenvalue weighted by Crippen LogP contribution is -2.31. The van der Waals surface area contributed by atoms with Gasteiger partial charge in [-0.25, -0.2) is 9.69 Å². The van der Waals surface area contributed by atoms with Crippen molar-refractivity contribution in [2.75, 3.05) is 18.1 Å². The Morgan fingerprint density at radius 1 is 1.03 bits per heavy atom. The van der Waals surface area contributed by atoms with E-state index in [9.17, 15) is 19.5 Å². The molecule has 0 unspecified atom stereocenters. The molecule has 7 heteroatoms. The smallest absolute Gasteiger partial charge is 0.338 e. The number of aliphatic hydroxyl groups is 1. The molecule has 1 heterocycles. The molecule has 2 aromatic rings. The normalized spacial score (nSPS) is 13.7. The number of anilines is 1. The summed E-state index contributed by atoms with van der Waals surface area (Å²) in [6.45, 7) is 4.63. The maximum absolute atomic E-state index is 13.0. The molecule has 30 heavy (non-hydrogen) atoms. The Labute approximate surface area is 174 Å². The van der Waals surface area contributed by atoms with E-state index < -0.39 is 23.5 Å². The van der Waals surface area contributed by atoms with Crippen molar-refractivity contribution >= 4 is 29.0 Å². The van der Waals surface area contributed by atoms with Crippen molar-refractivity contribution in [3.05, 3.63) is 65.4 Å². The van der Waals surface area contributed by atoms with Gasteiger partial charge in [0, 0.05) is 0 Å². The van der Waals surface area contributed by atoms with E-state index in [1.165, 1.54) is 12.1 Å². The van der Waals surface area contributed by atoms with Crippen molar-refractivity contribution in [1.82, 2.24) is 0 Å². The van der Waals surface area contributed by atoms with E-state index in [1.807, 2.05) is 13.8 Å². The molecule has 1 N–H and O–H groups in total. The second-order valence-corrected chi connectivity index (χ2v) is 6.67. The van der Waals surface area contributed by atoms with Crippen LogP contribution in [0.25, 0.3) is 5.57 Å². The van der Waals surface area contributed by atoms with E-state index >= 15 is 0 Å². The molecule has 2 aromatic carbocycles. The summed E-state index contributed by atoms with van der Waals surface area (Å²) in [6.07, 6.45) is 1.64. The van der Waals surface area contributed by atoms with Crippen LogP contribution in [0.1, 0.15) is 42.6 Å². The lowest BCUT2D eigenvalue weighted by molar-refractivity contribution is -0.121. The Hall–Kier alpha value is -3.61. The van der Waals surface area contributed by atoms with Crippen molar-refractivity contribution in [3.63, 3.8) is 0 Å². The van der Waals surface area contributed by atoms with E-state index in [-0.39, 0.29) is 16.8 Å².